The predicted octanol–water partition coefficient (Wildman–Crippen LogP) is 2.71. The maximum absolute atomic E-state index is 3.51. The van der Waals surface area contributed by atoms with Crippen molar-refractivity contribution in [1.82, 2.24) is 15.1 Å². The molecule has 0 bridgehead atoms. The van der Waals surface area contributed by atoms with Crippen molar-refractivity contribution in [3.8, 4) is 0 Å². The normalized spacial score (nSPS) is 28.8. The Bertz CT molecular complexity index is 267. The molecule has 3 nitrogen and oxygen atoms in total. The minimum Gasteiger partial charge on any atom is -0.315 e. The van der Waals surface area contributed by atoms with Gasteiger partial charge in [0.05, 0.1) is 0 Å². The molecule has 0 spiro atoms. The number of hydrogen-bond donors (Lipinski definition) is 1. The van der Waals surface area contributed by atoms with Crippen molar-refractivity contribution >= 4 is 0 Å². The van der Waals surface area contributed by atoms with Gasteiger partial charge in [0.1, 0.15) is 0 Å². The Kier molecular flexibility index (Phi) is 6.79. The van der Waals surface area contributed by atoms with Crippen LogP contribution in [0.5, 0.6) is 0 Å². The van der Waals surface area contributed by atoms with Gasteiger partial charge in [-0.2, -0.15) is 0 Å². The second-order valence-electron chi connectivity index (χ2n) is 7.16. The molecule has 1 N–H and O–H groups in total. The quantitative estimate of drug-likeness (QED) is 0.724. The fourth-order valence-corrected chi connectivity index (χ4v) is 3.73. The van der Waals surface area contributed by atoms with Crippen LogP contribution in [0, 0.1) is 0 Å². The van der Waals surface area contributed by atoms with Crippen LogP contribution in [0.4, 0.5) is 0 Å². The fraction of sp³-hybridized carbons (Fsp3) is 1.00. The summed E-state index contributed by atoms with van der Waals surface area (Å²) in [6.07, 6.45) is 8.38. The lowest BCUT2D eigenvalue weighted by molar-refractivity contribution is 0.0146. The average Bonchev–Trinajstić information content (AvgIpc) is 2.42. The number of piperazine rings is 1. The van der Waals surface area contributed by atoms with E-state index in [4.69, 9.17) is 0 Å². The molecule has 2 heterocycles. The summed E-state index contributed by atoms with van der Waals surface area (Å²) in [7, 11) is 0. The zero-order valence-corrected chi connectivity index (χ0v) is 13.9. The minimum absolute atomic E-state index is 0.634. The molecular weight excluding hydrogens is 246 g/mol. The zero-order valence-electron chi connectivity index (χ0n) is 13.9. The van der Waals surface area contributed by atoms with Gasteiger partial charge in [0.25, 0.3) is 0 Å². The standard InChI is InChI=1S/C17H35N3/c1-15(2)18-10-6-4-7-11-19-14-17-9-5-8-12-20(17)13-16(19)3/h15-18H,4-14H2,1-3H3. The number of unbranched alkanes of at least 4 members (excludes halogenated alkanes) is 2. The summed E-state index contributed by atoms with van der Waals surface area (Å²) in [5.41, 5.74) is 0. The van der Waals surface area contributed by atoms with Gasteiger partial charge in [-0.15, -0.1) is 0 Å². The zero-order chi connectivity index (χ0) is 14.4. The van der Waals surface area contributed by atoms with Gasteiger partial charge in [-0.1, -0.05) is 26.7 Å². The van der Waals surface area contributed by atoms with Crippen LogP contribution in [0.25, 0.3) is 0 Å². The Hall–Kier alpha value is -0.120. The van der Waals surface area contributed by atoms with Gasteiger partial charge >= 0.3 is 0 Å². The summed E-state index contributed by atoms with van der Waals surface area (Å²) < 4.78 is 0. The number of rotatable bonds is 7. The molecule has 0 saturated carbocycles. The highest BCUT2D eigenvalue weighted by atomic mass is 15.3. The summed E-state index contributed by atoms with van der Waals surface area (Å²) in [5, 5.41) is 3.51. The number of fused-ring (bicyclic) bond motifs is 1. The largest absolute Gasteiger partial charge is 0.315 e. The topological polar surface area (TPSA) is 18.5 Å². The monoisotopic (exact) mass is 281 g/mol. The molecule has 20 heavy (non-hydrogen) atoms. The van der Waals surface area contributed by atoms with Crippen molar-refractivity contribution < 1.29 is 0 Å². The molecule has 0 radical (unpaired) electrons. The molecule has 3 heteroatoms. The Balaban J connectivity index is 1.60. The summed E-state index contributed by atoms with van der Waals surface area (Å²) in [4.78, 5) is 5.50. The highest BCUT2D eigenvalue weighted by Gasteiger charge is 2.32. The smallest absolute Gasteiger partial charge is 0.0223 e. The fourth-order valence-electron chi connectivity index (χ4n) is 3.73. The van der Waals surface area contributed by atoms with E-state index in [0.29, 0.717) is 6.04 Å². The van der Waals surface area contributed by atoms with E-state index < -0.39 is 0 Å². The first-order chi connectivity index (χ1) is 9.66. The molecular formula is C17H35N3. The number of hydrogen-bond acceptors (Lipinski definition) is 3. The van der Waals surface area contributed by atoms with Gasteiger partial charge in [0.2, 0.25) is 0 Å². The summed E-state index contributed by atoms with van der Waals surface area (Å²) in [6, 6.07) is 2.26. The lowest BCUT2D eigenvalue weighted by Crippen LogP contribution is -2.58. The summed E-state index contributed by atoms with van der Waals surface area (Å²) in [5.74, 6) is 0. The second-order valence-corrected chi connectivity index (χ2v) is 7.16. The van der Waals surface area contributed by atoms with Gasteiger partial charge in [-0.3, -0.25) is 9.80 Å². The molecule has 0 aromatic heterocycles. The molecule has 2 unspecified atom stereocenters. The SMILES string of the molecule is CC(C)NCCCCCN1CC2CCCCN2CC1C. The molecule has 2 aliphatic heterocycles. The van der Waals surface area contributed by atoms with Gasteiger partial charge < -0.3 is 5.32 Å². The highest BCUT2D eigenvalue weighted by molar-refractivity contribution is 4.88. The molecule has 0 aliphatic carbocycles. The average molecular weight is 281 g/mol. The van der Waals surface area contributed by atoms with Crippen LogP contribution >= 0.6 is 0 Å². The molecule has 2 rings (SSSR count). The maximum Gasteiger partial charge on any atom is 0.0223 e. The van der Waals surface area contributed by atoms with E-state index in [9.17, 15) is 0 Å². The van der Waals surface area contributed by atoms with E-state index in [-0.39, 0.29) is 0 Å². The van der Waals surface area contributed by atoms with E-state index in [1.54, 1.807) is 0 Å². The van der Waals surface area contributed by atoms with Crippen molar-refractivity contribution in [2.75, 3.05) is 32.7 Å². The lowest BCUT2D eigenvalue weighted by atomic mass is 9.97. The molecule has 2 atom stereocenters. The van der Waals surface area contributed by atoms with Crippen LogP contribution in [-0.4, -0.2) is 60.6 Å². The first-order valence-corrected chi connectivity index (χ1v) is 8.88. The van der Waals surface area contributed by atoms with Gasteiger partial charge in [0.15, 0.2) is 0 Å². The third kappa shape index (κ3) is 5.01. The Labute approximate surface area is 126 Å². The molecule has 2 saturated heterocycles. The van der Waals surface area contributed by atoms with Crippen molar-refractivity contribution in [3.63, 3.8) is 0 Å². The maximum atomic E-state index is 3.51. The van der Waals surface area contributed by atoms with Crippen molar-refractivity contribution in [3.05, 3.63) is 0 Å². The van der Waals surface area contributed by atoms with Crippen LogP contribution < -0.4 is 5.32 Å². The van der Waals surface area contributed by atoms with E-state index >= 15 is 0 Å². The van der Waals surface area contributed by atoms with Crippen LogP contribution in [-0.2, 0) is 0 Å². The molecule has 0 aromatic rings. The van der Waals surface area contributed by atoms with Gasteiger partial charge in [-0.25, -0.2) is 0 Å². The second kappa shape index (κ2) is 8.35. The first kappa shape index (κ1) is 16.3. The highest BCUT2D eigenvalue weighted by Crippen LogP contribution is 2.24. The van der Waals surface area contributed by atoms with Crippen molar-refractivity contribution in [2.45, 2.75) is 77.4 Å². The van der Waals surface area contributed by atoms with E-state index in [1.807, 2.05) is 0 Å². The molecule has 0 amide bonds. The van der Waals surface area contributed by atoms with Crippen LogP contribution in [0.15, 0.2) is 0 Å². The molecule has 2 fully saturated rings. The minimum atomic E-state index is 0.634. The van der Waals surface area contributed by atoms with Crippen LogP contribution in [0.2, 0.25) is 0 Å². The molecule has 118 valence electrons. The Morgan fingerprint density at radius 3 is 2.75 bits per heavy atom. The third-order valence-corrected chi connectivity index (χ3v) is 4.99. The van der Waals surface area contributed by atoms with E-state index in [2.05, 4.69) is 35.9 Å². The molecule has 0 aromatic carbocycles. The number of piperidine rings is 1. The van der Waals surface area contributed by atoms with Crippen molar-refractivity contribution in [2.24, 2.45) is 0 Å². The van der Waals surface area contributed by atoms with E-state index in [1.165, 1.54) is 71.2 Å². The summed E-state index contributed by atoms with van der Waals surface area (Å²) >= 11 is 0. The predicted molar refractivity (Wildman–Crippen MR) is 87.2 cm³/mol. The Morgan fingerprint density at radius 2 is 1.95 bits per heavy atom. The lowest BCUT2D eigenvalue weighted by Gasteiger charge is -2.47. The number of nitrogens with zero attached hydrogens (tertiary/aromatic N) is 2. The van der Waals surface area contributed by atoms with E-state index in [0.717, 1.165) is 12.1 Å². The number of nitrogens with one attached hydrogen (secondary N) is 1. The first-order valence-electron chi connectivity index (χ1n) is 8.88. The third-order valence-electron chi connectivity index (χ3n) is 4.99. The van der Waals surface area contributed by atoms with Gasteiger partial charge in [-0.05, 0) is 52.2 Å². The summed E-state index contributed by atoms with van der Waals surface area (Å²) in [6.45, 7) is 13.4. The van der Waals surface area contributed by atoms with Gasteiger partial charge in [0, 0.05) is 31.2 Å². The molecule has 2 aliphatic rings. The van der Waals surface area contributed by atoms with Crippen LogP contribution in [0.3, 0.4) is 0 Å². The van der Waals surface area contributed by atoms with Crippen LogP contribution in [0.1, 0.15) is 59.3 Å². The van der Waals surface area contributed by atoms with Crippen molar-refractivity contribution in [1.29, 1.82) is 0 Å². The Morgan fingerprint density at radius 1 is 1.10 bits per heavy atom.